The molecule has 0 saturated heterocycles. The second kappa shape index (κ2) is 5.00. The molecule has 1 aromatic heterocycles. The number of carbonyl (C=O) groups is 1. The van der Waals surface area contributed by atoms with E-state index in [1.807, 2.05) is 38.1 Å². The molecule has 0 aliphatic rings. The summed E-state index contributed by atoms with van der Waals surface area (Å²) in [6.07, 6.45) is 0.876. The van der Waals surface area contributed by atoms with E-state index in [0.29, 0.717) is 12.2 Å². The number of benzene rings is 1. The van der Waals surface area contributed by atoms with Crippen molar-refractivity contribution >= 4 is 5.97 Å². The van der Waals surface area contributed by atoms with Crippen LogP contribution in [-0.2, 0) is 6.54 Å². The zero-order chi connectivity index (χ0) is 13.1. The minimum absolute atomic E-state index is 0.00676. The van der Waals surface area contributed by atoms with Crippen LogP contribution in [0.15, 0.2) is 24.3 Å². The molecule has 1 N–H and O–H groups in total. The van der Waals surface area contributed by atoms with Crippen LogP contribution in [0.25, 0.3) is 11.3 Å². The molecule has 0 radical (unpaired) electrons. The molecule has 2 rings (SSSR count). The first-order valence-electron chi connectivity index (χ1n) is 5.87. The third kappa shape index (κ3) is 2.25. The lowest BCUT2D eigenvalue weighted by molar-refractivity contribution is 0.0691. The lowest BCUT2D eigenvalue weighted by Crippen LogP contribution is -2.04. The second-order valence-corrected chi connectivity index (χ2v) is 4.18. The number of aryl methyl sites for hydroxylation is 2. The average molecular weight is 245 g/mol. The van der Waals surface area contributed by atoms with Crippen molar-refractivity contribution in [2.45, 2.75) is 26.8 Å². The van der Waals surface area contributed by atoms with Gasteiger partial charge in [0.05, 0.1) is 0 Å². The van der Waals surface area contributed by atoms with Crippen molar-refractivity contribution in [2.24, 2.45) is 0 Å². The van der Waals surface area contributed by atoms with Gasteiger partial charge in [-0.15, -0.1) is 5.10 Å². The number of nitrogens with zero attached hydrogens (tertiary/aromatic N) is 3. The Balaban J connectivity index is 2.55. The van der Waals surface area contributed by atoms with Crippen molar-refractivity contribution in [3.05, 3.63) is 35.5 Å². The van der Waals surface area contributed by atoms with Gasteiger partial charge in [0.15, 0.2) is 5.69 Å². The Morgan fingerprint density at radius 2 is 2.00 bits per heavy atom. The zero-order valence-corrected chi connectivity index (χ0v) is 10.4. The Hall–Kier alpha value is -2.17. The van der Waals surface area contributed by atoms with E-state index in [-0.39, 0.29) is 5.69 Å². The molecule has 0 atom stereocenters. The largest absolute Gasteiger partial charge is 0.476 e. The Morgan fingerprint density at radius 1 is 1.33 bits per heavy atom. The Morgan fingerprint density at radius 3 is 2.56 bits per heavy atom. The van der Waals surface area contributed by atoms with E-state index in [2.05, 4.69) is 10.3 Å². The number of carboxylic acids is 1. The standard InChI is InChI=1S/C13H15N3O2/c1-3-8-16-12(11(13(17)18)14-15-16)10-6-4-9(2)5-7-10/h4-7H,3,8H2,1-2H3,(H,17,18). The molecule has 1 heterocycles. The van der Waals surface area contributed by atoms with Gasteiger partial charge in [0.2, 0.25) is 0 Å². The monoisotopic (exact) mass is 245 g/mol. The van der Waals surface area contributed by atoms with E-state index in [4.69, 9.17) is 5.11 Å². The third-order valence-corrected chi connectivity index (χ3v) is 2.70. The predicted octanol–water partition coefficient (Wildman–Crippen LogP) is 2.36. The van der Waals surface area contributed by atoms with Crippen LogP contribution in [0.2, 0.25) is 0 Å². The summed E-state index contributed by atoms with van der Waals surface area (Å²) in [6.45, 7) is 4.66. The Labute approximate surface area is 105 Å². The van der Waals surface area contributed by atoms with Crippen LogP contribution in [0.5, 0.6) is 0 Å². The fourth-order valence-corrected chi connectivity index (χ4v) is 1.82. The molecule has 0 bridgehead atoms. The maximum Gasteiger partial charge on any atom is 0.358 e. The Kier molecular flexibility index (Phi) is 3.41. The van der Waals surface area contributed by atoms with Crippen molar-refractivity contribution in [1.29, 1.82) is 0 Å². The molecule has 0 aliphatic carbocycles. The quantitative estimate of drug-likeness (QED) is 0.897. The summed E-state index contributed by atoms with van der Waals surface area (Å²) in [7, 11) is 0. The molecule has 0 fully saturated rings. The number of rotatable bonds is 4. The maximum absolute atomic E-state index is 11.2. The molecule has 0 spiro atoms. The topological polar surface area (TPSA) is 68.0 Å². The highest BCUT2D eigenvalue weighted by atomic mass is 16.4. The van der Waals surface area contributed by atoms with Gasteiger partial charge in [-0.1, -0.05) is 42.0 Å². The number of aromatic carboxylic acids is 1. The molecule has 2 aromatic rings. The van der Waals surface area contributed by atoms with Crippen molar-refractivity contribution in [1.82, 2.24) is 15.0 Å². The molecule has 5 nitrogen and oxygen atoms in total. The molecular weight excluding hydrogens is 230 g/mol. The highest BCUT2D eigenvalue weighted by Gasteiger charge is 2.19. The van der Waals surface area contributed by atoms with Gasteiger partial charge in [-0.2, -0.15) is 0 Å². The van der Waals surface area contributed by atoms with E-state index >= 15 is 0 Å². The smallest absolute Gasteiger partial charge is 0.358 e. The molecule has 18 heavy (non-hydrogen) atoms. The molecule has 1 aromatic carbocycles. The van der Waals surface area contributed by atoms with E-state index in [9.17, 15) is 4.79 Å². The van der Waals surface area contributed by atoms with Crippen LogP contribution < -0.4 is 0 Å². The van der Waals surface area contributed by atoms with Crippen molar-refractivity contribution in [2.75, 3.05) is 0 Å². The summed E-state index contributed by atoms with van der Waals surface area (Å²) in [4.78, 5) is 11.2. The average Bonchev–Trinajstić information content (AvgIpc) is 2.75. The first-order chi connectivity index (χ1) is 8.63. The van der Waals surface area contributed by atoms with E-state index in [0.717, 1.165) is 17.5 Å². The van der Waals surface area contributed by atoms with Gasteiger partial charge in [-0.3, -0.25) is 0 Å². The number of carboxylic acid groups (broad SMARTS) is 1. The van der Waals surface area contributed by atoms with Crippen LogP contribution in [0, 0.1) is 6.92 Å². The highest BCUT2D eigenvalue weighted by Crippen LogP contribution is 2.23. The third-order valence-electron chi connectivity index (χ3n) is 2.70. The van der Waals surface area contributed by atoms with Crippen LogP contribution in [0.4, 0.5) is 0 Å². The fraction of sp³-hybridized carbons (Fsp3) is 0.308. The first-order valence-corrected chi connectivity index (χ1v) is 5.87. The SMILES string of the molecule is CCCn1nnc(C(=O)O)c1-c1ccc(C)cc1. The van der Waals surface area contributed by atoms with Crippen LogP contribution >= 0.6 is 0 Å². The van der Waals surface area contributed by atoms with Gasteiger partial charge in [0, 0.05) is 12.1 Å². The summed E-state index contributed by atoms with van der Waals surface area (Å²) in [5, 5.41) is 16.8. The van der Waals surface area contributed by atoms with Gasteiger partial charge < -0.3 is 5.11 Å². The molecule has 0 aliphatic heterocycles. The van der Waals surface area contributed by atoms with E-state index < -0.39 is 5.97 Å². The molecule has 0 amide bonds. The summed E-state index contributed by atoms with van der Waals surface area (Å²) in [5.74, 6) is -1.05. The number of hydrogen-bond acceptors (Lipinski definition) is 3. The highest BCUT2D eigenvalue weighted by molar-refractivity contribution is 5.92. The number of aromatic nitrogens is 3. The second-order valence-electron chi connectivity index (χ2n) is 4.18. The Bertz CT molecular complexity index is 558. The van der Waals surface area contributed by atoms with Gasteiger partial charge in [-0.05, 0) is 13.3 Å². The van der Waals surface area contributed by atoms with Crippen LogP contribution in [-0.4, -0.2) is 26.1 Å². The lowest BCUT2D eigenvalue weighted by Gasteiger charge is -2.06. The molecule has 94 valence electrons. The molecule has 0 saturated carbocycles. The first kappa shape index (κ1) is 12.3. The predicted molar refractivity (Wildman–Crippen MR) is 67.4 cm³/mol. The fourth-order valence-electron chi connectivity index (χ4n) is 1.82. The van der Waals surface area contributed by atoms with Crippen molar-refractivity contribution < 1.29 is 9.90 Å². The van der Waals surface area contributed by atoms with Crippen molar-refractivity contribution in [3.63, 3.8) is 0 Å². The maximum atomic E-state index is 11.2. The summed E-state index contributed by atoms with van der Waals surface area (Å²) >= 11 is 0. The van der Waals surface area contributed by atoms with Gasteiger partial charge in [-0.25, -0.2) is 9.48 Å². The van der Waals surface area contributed by atoms with Crippen molar-refractivity contribution in [3.8, 4) is 11.3 Å². The number of hydrogen-bond donors (Lipinski definition) is 1. The minimum atomic E-state index is -1.05. The van der Waals surface area contributed by atoms with Gasteiger partial charge in [0.1, 0.15) is 5.69 Å². The zero-order valence-electron chi connectivity index (χ0n) is 10.4. The summed E-state index contributed by atoms with van der Waals surface area (Å²) in [6, 6.07) is 7.69. The van der Waals surface area contributed by atoms with Crippen LogP contribution in [0.3, 0.4) is 0 Å². The van der Waals surface area contributed by atoms with E-state index in [1.165, 1.54) is 0 Å². The molecule has 0 unspecified atom stereocenters. The summed E-state index contributed by atoms with van der Waals surface area (Å²) < 4.78 is 1.65. The summed E-state index contributed by atoms with van der Waals surface area (Å²) in [5.41, 5.74) is 2.54. The van der Waals surface area contributed by atoms with Gasteiger partial charge >= 0.3 is 5.97 Å². The lowest BCUT2D eigenvalue weighted by atomic mass is 10.1. The molecular formula is C13H15N3O2. The van der Waals surface area contributed by atoms with Gasteiger partial charge in [0.25, 0.3) is 0 Å². The van der Waals surface area contributed by atoms with Crippen LogP contribution in [0.1, 0.15) is 29.4 Å². The minimum Gasteiger partial charge on any atom is -0.476 e. The van der Waals surface area contributed by atoms with E-state index in [1.54, 1.807) is 4.68 Å². The normalized spacial score (nSPS) is 10.6. The molecule has 5 heteroatoms.